The van der Waals surface area contributed by atoms with Crippen molar-refractivity contribution in [3.8, 4) is 11.8 Å². The Labute approximate surface area is 120 Å². The number of ether oxygens (including phenoxy) is 1. The van der Waals surface area contributed by atoms with Crippen molar-refractivity contribution in [1.82, 2.24) is 0 Å². The van der Waals surface area contributed by atoms with Crippen LogP contribution in [0.4, 0.5) is 10.1 Å². The Bertz CT molecular complexity index is 738. The van der Waals surface area contributed by atoms with Crippen molar-refractivity contribution in [3.63, 3.8) is 0 Å². The Morgan fingerprint density at radius 2 is 2.10 bits per heavy atom. The lowest BCUT2D eigenvalue weighted by atomic mass is 10.1. The number of hydrogen-bond acceptors (Lipinski definition) is 4. The first kappa shape index (κ1) is 14.5. The summed E-state index contributed by atoms with van der Waals surface area (Å²) in [4.78, 5) is 10.4. The van der Waals surface area contributed by atoms with Gasteiger partial charge in [0.1, 0.15) is 12.4 Å². The van der Waals surface area contributed by atoms with Gasteiger partial charge in [-0.05, 0) is 36.8 Å². The SMILES string of the molecule is Cc1ccc([N+](=O)[O-])c(OCc2cc(F)ccc2C#N)c1. The third-order valence-electron chi connectivity index (χ3n) is 2.88. The van der Waals surface area contributed by atoms with Crippen molar-refractivity contribution in [1.29, 1.82) is 5.26 Å². The van der Waals surface area contributed by atoms with E-state index in [9.17, 15) is 14.5 Å². The molecule has 0 heterocycles. The largest absolute Gasteiger partial charge is 0.482 e. The number of nitro benzene ring substituents is 1. The van der Waals surface area contributed by atoms with Crippen LogP contribution in [0.2, 0.25) is 0 Å². The average Bonchev–Trinajstić information content (AvgIpc) is 2.45. The monoisotopic (exact) mass is 286 g/mol. The number of nitro groups is 1. The van der Waals surface area contributed by atoms with Gasteiger partial charge in [0.2, 0.25) is 0 Å². The molecule has 106 valence electrons. The highest BCUT2D eigenvalue weighted by molar-refractivity contribution is 5.48. The third kappa shape index (κ3) is 3.34. The van der Waals surface area contributed by atoms with Gasteiger partial charge in [-0.1, -0.05) is 6.07 Å². The van der Waals surface area contributed by atoms with Gasteiger partial charge in [-0.3, -0.25) is 10.1 Å². The second kappa shape index (κ2) is 6.01. The molecule has 2 rings (SSSR count). The van der Waals surface area contributed by atoms with E-state index in [2.05, 4.69) is 0 Å². The molecule has 0 saturated heterocycles. The Balaban J connectivity index is 2.29. The lowest BCUT2D eigenvalue weighted by molar-refractivity contribution is -0.386. The number of halogens is 1. The molecule has 2 aromatic rings. The van der Waals surface area contributed by atoms with Gasteiger partial charge in [0.15, 0.2) is 5.75 Å². The second-order valence-corrected chi connectivity index (χ2v) is 4.43. The molecule has 0 N–H and O–H groups in total. The summed E-state index contributed by atoms with van der Waals surface area (Å²) in [5.41, 5.74) is 1.24. The van der Waals surface area contributed by atoms with Gasteiger partial charge in [0, 0.05) is 11.6 Å². The van der Waals surface area contributed by atoms with Crippen molar-refractivity contribution in [2.24, 2.45) is 0 Å². The zero-order chi connectivity index (χ0) is 15.4. The minimum Gasteiger partial charge on any atom is -0.482 e. The van der Waals surface area contributed by atoms with Gasteiger partial charge in [-0.2, -0.15) is 5.26 Å². The van der Waals surface area contributed by atoms with Gasteiger partial charge >= 0.3 is 5.69 Å². The summed E-state index contributed by atoms with van der Waals surface area (Å²) in [6.07, 6.45) is 0. The van der Waals surface area contributed by atoms with E-state index < -0.39 is 10.7 Å². The van der Waals surface area contributed by atoms with Crippen LogP contribution in [0.5, 0.6) is 5.75 Å². The first-order valence-corrected chi connectivity index (χ1v) is 6.07. The van der Waals surface area contributed by atoms with Crippen LogP contribution in [0.25, 0.3) is 0 Å². The molecule has 6 heteroatoms. The van der Waals surface area contributed by atoms with E-state index in [0.717, 1.165) is 5.56 Å². The molecule has 21 heavy (non-hydrogen) atoms. The highest BCUT2D eigenvalue weighted by atomic mass is 19.1. The Morgan fingerprint density at radius 3 is 2.76 bits per heavy atom. The van der Waals surface area contributed by atoms with Crippen LogP contribution in [0.1, 0.15) is 16.7 Å². The molecule has 0 saturated carbocycles. The molecular weight excluding hydrogens is 275 g/mol. The maximum absolute atomic E-state index is 13.2. The molecule has 5 nitrogen and oxygen atoms in total. The summed E-state index contributed by atoms with van der Waals surface area (Å²) in [7, 11) is 0. The molecule has 2 aromatic carbocycles. The topological polar surface area (TPSA) is 76.2 Å². The van der Waals surface area contributed by atoms with Crippen molar-refractivity contribution >= 4 is 5.69 Å². The smallest absolute Gasteiger partial charge is 0.310 e. The van der Waals surface area contributed by atoms with Crippen molar-refractivity contribution in [3.05, 3.63) is 69.0 Å². The van der Waals surface area contributed by atoms with Crippen LogP contribution >= 0.6 is 0 Å². The van der Waals surface area contributed by atoms with Crippen molar-refractivity contribution in [2.45, 2.75) is 13.5 Å². The highest BCUT2D eigenvalue weighted by Gasteiger charge is 2.15. The first-order valence-electron chi connectivity index (χ1n) is 6.07. The van der Waals surface area contributed by atoms with E-state index in [1.165, 1.54) is 30.3 Å². The summed E-state index contributed by atoms with van der Waals surface area (Å²) >= 11 is 0. The van der Waals surface area contributed by atoms with Crippen LogP contribution in [0.3, 0.4) is 0 Å². The fourth-order valence-electron chi connectivity index (χ4n) is 1.83. The number of benzene rings is 2. The number of nitrogens with zero attached hydrogens (tertiary/aromatic N) is 2. The summed E-state index contributed by atoms with van der Waals surface area (Å²) in [5.74, 6) is -0.403. The predicted molar refractivity (Wildman–Crippen MR) is 73.3 cm³/mol. The minimum atomic E-state index is -0.550. The summed E-state index contributed by atoms with van der Waals surface area (Å²) < 4.78 is 18.6. The molecular formula is C15H11FN2O3. The van der Waals surface area contributed by atoms with Gasteiger partial charge in [0.25, 0.3) is 0 Å². The summed E-state index contributed by atoms with van der Waals surface area (Å²) in [5, 5.41) is 19.9. The molecule has 0 radical (unpaired) electrons. The van der Waals surface area contributed by atoms with Crippen LogP contribution in [-0.2, 0) is 6.61 Å². The van der Waals surface area contributed by atoms with Gasteiger partial charge < -0.3 is 4.74 Å². The van der Waals surface area contributed by atoms with Crippen LogP contribution in [0.15, 0.2) is 36.4 Å². The van der Waals surface area contributed by atoms with Gasteiger partial charge in [-0.15, -0.1) is 0 Å². The van der Waals surface area contributed by atoms with E-state index in [1.807, 2.05) is 6.07 Å². The fourth-order valence-corrected chi connectivity index (χ4v) is 1.83. The predicted octanol–water partition coefficient (Wildman–Crippen LogP) is 3.49. The fraction of sp³-hybridized carbons (Fsp3) is 0.133. The summed E-state index contributed by atoms with van der Waals surface area (Å²) in [6, 6.07) is 10.1. The zero-order valence-electron chi connectivity index (χ0n) is 11.2. The van der Waals surface area contributed by atoms with Crippen LogP contribution in [0, 0.1) is 34.2 Å². The molecule has 0 aliphatic carbocycles. The van der Waals surface area contributed by atoms with E-state index in [4.69, 9.17) is 10.00 Å². The van der Waals surface area contributed by atoms with Gasteiger partial charge in [0.05, 0.1) is 16.6 Å². The van der Waals surface area contributed by atoms with E-state index in [-0.39, 0.29) is 23.6 Å². The van der Waals surface area contributed by atoms with Crippen LogP contribution < -0.4 is 4.74 Å². The van der Waals surface area contributed by atoms with Gasteiger partial charge in [-0.25, -0.2) is 4.39 Å². The van der Waals surface area contributed by atoms with E-state index in [0.29, 0.717) is 5.56 Å². The molecule has 0 aromatic heterocycles. The Hall–Kier alpha value is -2.94. The van der Waals surface area contributed by atoms with Crippen LogP contribution in [-0.4, -0.2) is 4.92 Å². The number of aryl methyl sites for hydroxylation is 1. The van der Waals surface area contributed by atoms with E-state index in [1.54, 1.807) is 13.0 Å². The number of rotatable bonds is 4. The molecule has 0 spiro atoms. The quantitative estimate of drug-likeness (QED) is 0.636. The highest BCUT2D eigenvalue weighted by Crippen LogP contribution is 2.28. The maximum atomic E-state index is 13.2. The van der Waals surface area contributed by atoms with Crippen molar-refractivity contribution < 1.29 is 14.1 Å². The maximum Gasteiger partial charge on any atom is 0.310 e. The molecule has 0 atom stereocenters. The second-order valence-electron chi connectivity index (χ2n) is 4.43. The Morgan fingerprint density at radius 1 is 1.33 bits per heavy atom. The lowest BCUT2D eigenvalue weighted by Gasteiger charge is -2.09. The molecule has 0 unspecified atom stereocenters. The number of hydrogen-bond donors (Lipinski definition) is 0. The normalized spacial score (nSPS) is 9.95. The van der Waals surface area contributed by atoms with Crippen molar-refractivity contribution in [2.75, 3.05) is 0 Å². The standard InChI is InChI=1S/C15H11FN2O3/c1-10-2-5-14(18(19)20)15(6-10)21-9-12-7-13(16)4-3-11(12)8-17/h2-7H,9H2,1H3. The molecule has 0 fully saturated rings. The third-order valence-corrected chi connectivity index (χ3v) is 2.88. The molecule has 0 aliphatic heterocycles. The zero-order valence-corrected chi connectivity index (χ0v) is 11.2. The van der Waals surface area contributed by atoms with E-state index >= 15 is 0 Å². The lowest BCUT2D eigenvalue weighted by Crippen LogP contribution is -2.02. The Kier molecular flexibility index (Phi) is 4.14. The molecule has 0 amide bonds. The summed E-state index contributed by atoms with van der Waals surface area (Å²) in [6.45, 7) is 1.66. The first-order chi connectivity index (χ1) is 10.0. The average molecular weight is 286 g/mol. The minimum absolute atomic E-state index is 0.0909. The number of nitriles is 1. The molecule has 0 aliphatic rings. The molecule has 0 bridgehead atoms.